The number of aryl methyl sites for hydroxylation is 1. The van der Waals surface area contributed by atoms with E-state index in [4.69, 9.17) is 0 Å². The van der Waals surface area contributed by atoms with E-state index in [1.807, 2.05) is 43.1 Å². The lowest BCUT2D eigenvalue weighted by atomic mass is 10.2. The van der Waals surface area contributed by atoms with E-state index < -0.39 is 10.0 Å². The molecule has 0 saturated heterocycles. The normalized spacial score (nSPS) is 11.2. The van der Waals surface area contributed by atoms with E-state index in [-0.39, 0.29) is 4.90 Å². The van der Waals surface area contributed by atoms with Crippen LogP contribution in [0.1, 0.15) is 5.56 Å². The molecule has 0 radical (unpaired) electrons. The molecule has 0 aliphatic heterocycles. The summed E-state index contributed by atoms with van der Waals surface area (Å²) >= 11 is 0. The second kappa shape index (κ2) is 7.73. The van der Waals surface area contributed by atoms with Gasteiger partial charge >= 0.3 is 0 Å². The Kier molecular flexibility index (Phi) is 5.38. The molecule has 0 spiro atoms. The number of nitrogens with zero attached hydrogens (tertiary/aromatic N) is 3. The van der Waals surface area contributed by atoms with Gasteiger partial charge in [-0.05, 0) is 49.9 Å². The Balaban J connectivity index is 1.85. The molecule has 0 atom stereocenters. The Morgan fingerprint density at radius 2 is 1.78 bits per heavy atom. The van der Waals surface area contributed by atoms with E-state index in [9.17, 15) is 8.42 Å². The van der Waals surface area contributed by atoms with E-state index in [1.165, 1.54) is 19.4 Å². The van der Waals surface area contributed by atoms with Crippen LogP contribution in [0.4, 0.5) is 23.0 Å². The van der Waals surface area contributed by atoms with Crippen LogP contribution in [0.15, 0.2) is 65.8 Å². The second-order valence-electron chi connectivity index (χ2n) is 6.02. The summed E-state index contributed by atoms with van der Waals surface area (Å²) in [6, 6.07) is 16.5. The number of hydrogen-bond donors (Lipinski definition) is 2. The molecule has 1 aromatic heterocycles. The van der Waals surface area contributed by atoms with Crippen molar-refractivity contribution in [2.45, 2.75) is 11.8 Å². The van der Waals surface area contributed by atoms with Gasteiger partial charge in [0, 0.05) is 24.5 Å². The van der Waals surface area contributed by atoms with Gasteiger partial charge in [0.1, 0.15) is 18.0 Å². The molecular weight excluding hydrogens is 362 g/mol. The highest BCUT2D eigenvalue weighted by molar-refractivity contribution is 7.89. The lowest BCUT2D eigenvalue weighted by Crippen LogP contribution is -2.18. The topological polar surface area (TPSA) is 87.2 Å². The molecule has 140 valence electrons. The minimum atomic E-state index is -3.51. The fraction of sp³-hybridized carbons (Fsp3) is 0.158. The highest BCUT2D eigenvalue weighted by atomic mass is 32.2. The SMILES string of the molecule is CNS(=O)(=O)c1cccc(Nc2cc(N(C)c3cccc(C)c3)ncn2)c1. The van der Waals surface area contributed by atoms with Gasteiger partial charge in [-0.3, -0.25) is 0 Å². The van der Waals surface area contributed by atoms with Crippen molar-refractivity contribution in [2.24, 2.45) is 0 Å². The summed E-state index contributed by atoms with van der Waals surface area (Å²) < 4.78 is 26.2. The molecule has 1 heterocycles. The lowest BCUT2D eigenvalue weighted by Gasteiger charge is -2.19. The molecule has 7 nitrogen and oxygen atoms in total. The second-order valence-corrected chi connectivity index (χ2v) is 7.91. The maximum atomic E-state index is 12.0. The Hall–Kier alpha value is -2.97. The first-order chi connectivity index (χ1) is 12.9. The molecule has 3 aromatic rings. The first kappa shape index (κ1) is 18.8. The number of aromatic nitrogens is 2. The van der Waals surface area contributed by atoms with Crippen molar-refractivity contribution in [3.05, 3.63) is 66.5 Å². The van der Waals surface area contributed by atoms with Crippen LogP contribution in [0.5, 0.6) is 0 Å². The Morgan fingerprint density at radius 1 is 1.00 bits per heavy atom. The number of benzene rings is 2. The number of anilines is 4. The van der Waals surface area contributed by atoms with Gasteiger partial charge in [0.25, 0.3) is 0 Å². The molecule has 27 heavy (non-hydrogen) atoms. The molecular formula is C19H21N5O2S. The molecule has 2 aromatic carbocycles. The van der Waals surface area contributed by atoms with Gasteiger partial charge in [-0.1, -0.05) is 18.2 Å². The van der Waals surface area contributed by atoms with Crippen molar-refractivity contribution in [2.75, 3.05) is 24.3 Å². The summed E-state index contributed by atoms with van der Waals surface area (Å²) in [6.07, 6.45) is 1.47. The minimum Gasteiger partial charge on any atom is -0.340 e. The predicted molar refractivity (Wildman–Crippen MR) is 107 cm³/mol. The predicted octanol–water partition coefficient (Wildman–Crippen LogP) is 3.20. The minimum absolute atomic E-state index is 0.182. The Morgan fingerprint density at radius 3 is 2.52 bits per heavy atom. The van der Waals surface area contributed by atoms with Gasteiger partial charge in [-0.25, -0.2) is 23.1 Å². The number of nitrogens with one attached hydrogen (secondary N) is 2. The van der Waals surface area contributed by atoms with Gasteiger partial charge in [0.05, 0.1) is 4.90 Å². The average Bonchev–Trinajstić information content (AvgIpc) is 2.68. The van der Waals surface area contributed by atoms with Gasteiger partial charge in [-0.15, -0.1) is 0 Å². The van der Waals surface area contributed by atoms with Crippen molar-refractivity contribution in [3.63, 3.8) is 0 Å². The van der Waals surface area contributed by atoms with E-state index in [2.05, 4.69) is 26.1 Å². The zero-order valence-electron chi connectivity index (χ0n) is 15.3. The van der Waals surface area contributed by atoms with Crippen molar-refractivity contribution < 1.29 is 8.42 Å². The van der Waals surface area contributed by atoms with Crippen molar-refractivity contribution in [1.82, 2.24) is 14.7 Å². The summed E-state index contributed by atoms with van der Waals surface area (Å²) in [5.41, 5.74) is 2.80. The van der Waals surface area contributed by atoms with Crippen LogP contribution < -0.4 is 14.9 Å². The quantitative estimate of drug-likeness (QED) is 0.680. The summed E-state index contributed by atoms with van der Waals surface area (Å²) in [5, 5.41) is 3.13. The zero-order chi connectivity index (χ0) is 19.4. The first-order valence-electron chi connectivity index (χ1n) is 8.32. The highest BCUT2D eigenvalue weighted by Gasteiger charge is 2.12. The monoisotopic (exact) mass is 383 g/mol. The zero-order valence-corrected chi connectivity index (χ0v) is 16.2. The summed E-state index contributed by atoms with van der Waals surface area (Å²) in [4.78, 5) is 10.7. The maximum Gasteiger partial charge on any atom is 0.240 e. The van der Waals surface area contributed by atoms with E-state index in [1.54, 1.807) is 18.2 Å². The smallest absolute Gasteiger partial charge is 0.240 e. The molecule has 0 amide bonds. The molecule has 0 aliphatic carbocycles. The van der Waals surface area contributed by atoms with Gasteiger partial charge in [0.2, 0.25) is 10.0 Å². The average molecular weight is 383 g/mol. The summed E-state index contributed by atoms with van der Waals surface area (Å²) in [6.45, 7) is 2.04. The van der Waals surface area contributed by atoms with E-state index >= 15 is 0 Å². The van der Waals surface area contributed by atoms with Crippen LogP contribution >= 0.6 is 0 Å². The molecule has 0 saturated carbocycles. The van der Waals surface area contributed by atoms with Gasteiger partial charge in [-0.2, -0.15) is 0 Å². The number of rotatable bonds is 6. The largest absolute Gasteiger partial charge is 0.340 e. The van der Waals surface area contributed by atoms with Crippen molar-refractivity contribution >= 4 is 33.0 Å². The third-order valence-electron chi connectivity index (χ3n) is 4.07. The highest BCUT2D eigenvalue weighted by Crippen LogP contribution is 2.25. The van der Waals surface area contributed by atoms with E-state index in [0.29, 0.717) is 11.5 Å². The van der Waals surface area contributed by atoms with Crippen LogP contribution in [0.2, 0.25) is 0 Å². The maximum absolute atomic E-state index is 12.0. The van der Waals surface area contributed by atoms with Crippen molar-refractivity contribution in [1.29, 1.82) is 0 Å². The molecule has 2 N–H and O–H groups in total. The third-order valence-corrected chi connectivity index (χ3v) is 5.48. The fourth-order valence-corrected chi connectivity index (χ4v) is 3.35. The summed E-state index contributed by atoms with van der Waals surface area (Å²) in [5.74, 6) is 1.29. The molecule has 3 rings (SSSR count). The van der Waals surface area contributed by atoms with Crippen molar-refractivity contribution in [3.8, 4) is 0 Å². The Bertz CT molecular complexity index is 1050. The van der Waals surface area contributed by atoms with Crippen LogP contribution in [0, 0.1) is 6.92 Å². The molecule has 0 fully saturated rings. The first-order valence-corrected chi connectivity index (χ1v) is 9.80. The van der Waals surface area contributed by atoms with Crippen LogP contribution in [-0.4, -0.2) is 32.5 Å². The van der Waals surface area contributed by atoms with E-state index in [0.717, 1.165) is 17.1 Å². The van der Waals surface area contributed by atoms with Crippen LogP contribution in [0.3, 0.4) is 0 Å². The Labute approximate surface area is 159 Å². The third kappa shape index (κ3) is 4.42. The lowest BCUT2D eigenvalue weighted by molar-refractivity contribution is 0.588. The molecule has 8 heteroatoms. The fourth-order valence-electron chi connectivity index (χ4n) is 2.57. The molecule has 0 unspecified atom stereocenters. The molecule has 0 bridgehead atoms. The standard InChI is InChI=1S/C19H21N5O2S/c1-14-6-4-8-16(10-14)24(3)19-12-18(21-13-22-19)23-15-7-5-9-17(11-15)27(25,26)20-2/h4-13,20H,1-3H3,(H,21,22,23). The van der Waals surface area contributed by atoms with Gasteiger partial charge in [0.15, 0.2) is 0 Å². The number of hydrogen-bond acceptors (Lipinski definition) is 6. The van der Waals surface area contributed by atoms with Gasteiger partial charge < -0.3 is 10.2 Å². The van der Waals surface area contributed by atoms with Crippen LogP contribution in [0.25, 0.3) is 0 Å². The number of sulfonamides is 1. The van der Waals surface area contributed by atoms with Crippen LogP contribution in [-0.2, 0) is 10.0 Å². The summed E-state index contributed by atoms with van der Waals surface area (Å²) in [7, 11) is -0.192. The molecule has 0 aliphatic rings.